The van der Waals surface area contributed by atoms with E-state index in [0.717, 1.165) is 36.8 Å². The molecule has 3 aromatic carbocycles. The Labute approximate surface area is 219 Å². The fourth-order valence-corrected chi connectivity index (χ4v) is 3.97. The van der Waals surface area contributed by atoms with Crippen LogP contribution in [0.15, 0.2) is 85.5 Å². The predicted molar refractivity (Wildman–Crippen MR) is 149 cm³/mol. The Balaban J connectivity index is 1.26. The van der Waals surface area contributed by atoms with Crippen molar-refractivity contribution in [3.63, 3.8) is 0 Å². The maximum atomic E-state index is 13.0. The van der Waals surface area contributed by atoms with E-state index in [2.05, 4.69) is 30.8 Å². The van der Waals surface area contributed by atoms with Crippen LogP contribution in [0.4, 0.5) is 4.39 Å². The topological polar surface area (TPSA) is 43.4 Å². The van der Waals surface area contributed by atoms with E-state index < -0.39 is 0 Å². The molecule has 0 aromatic heterocycles. The first-order valence-corrected chi connectivity index (χ1v) is 12.9. The number of rotatable bonds is 14. The Morgan fingerprint density at radius 3 is 2.03 bits per heavy atom. The number of hydrogen-bond acceptors (Lipinski definition) is 3. The molecule has 4 heteroatoms. The Kier molecular flexibility index (Phi) is 11.0. The molecule has 0 aliphatic heterocycles. The summed E-state index contributed by atoms with van der Waals surface area (Å²) < 4.78 is 18.4. The number of benzene rings is 3. The zero-order chi connectivity index (χ0) is 26.5. The van der Waals surface area contributed by atoms with Crippen LogP contribution in [0.5, 0.6) is 5.75 Å². The molecule has 0 heterocycles. The van der Waals surface area contributed by atoms with Crippen molar-refractivity contribution in [1.82, 2.24) is 0 Å². The molecule has 0 aliphatic carbocycles. The van der Waals surface area contributed by atoms with Gasteiger partial charge in [0.1, 0.15) is 11.6 Å². The average molecular weight is 499 g/mol. The van der Waals surface area contributed by atoms with Gasteiger partial charge in [-0.25, -0.2) is 4.39 Å². The van der Waals surface area contributed by atoms with E-state index in [1.54, 1.807) is 30.3 Å². The van der Waals surface area contributed by atoms with Gasteiger partial charge in [-0.3, -0.25) is 9.59 Å². The number of ketones is 1. The lowest BCUT2D eigenvalue weighted by Gasteiger charge is -2.06. The number of ether oxygens (including phenoxy) is 1. The third kappa shape index (κ3) is 10.0. The molecular weight excluding hydrogens is 463 g/mol. The van der Waals surface area contributed by atoms with Gasteiger partial charge in [-0.05, 0) is 85.4 Å². The molecule has 0 unspecified atom stereocenters. The van der Waals surface area contributed by atoms with Crippen molar-refractivity contribution >= 4 is 23.4 Å². The van der Waals surface area contributed by atoms with Crippen molar-refractivity contribution in [1.29, 1.82) is 0 Å². The maximum Gasteiger partial charge on any atom is 0.311 e. The molecule has 3 nitrogen and oxygen atoms in total. The molecule has 0 bridgehead atoms. The first-order chi connectivity index (χ1) is 17.9. The molecule has 0 atom stereocenters. The number of halogens is 1. The number of carbonyl (C=O) groups is 2. The highest BCUT2D eigenvalue weighted by Crippen LogP contribution is 2.17. The van der Waals surface area contributed by atoms with Crippen LogP contribution in [-0.2, 0) is 11.2 Å². The summed E-state index contributed by atoms with van der Waals surface area (Å²) in [6.07, 6.45) is 11.2. The Hall–Kier alpha value is -3.79. The fourth-order valence-electron chi connectivity index (χ4n) is 3.97. The minimum Gasteiger partial charge on any atom is -0.427 e. The lowest BCUT2D eigenvalue weighted by molar-refractivity contribution is -0.134. The summed E-state index contributed by atoms with van der Waals surface area (Å²) in [4.78, 5) is 24.3. The van der Waals surface area contributed by atoms with Gasteiger partial charge in [-0.15, -0.1) is 0 Å². The van der Waals surface area contributed by atoms with Crippen LogP contribution in [0.3, 0.4) is 0 Å². The largest absolute Gasteiger partial charge is 0.427 e. The normalized spacial score (nSPS) is 11.0. The van der Waals surface area contributed by atoms with Crippen molar-refractivity contribution in [2.75, 3.05) is 0 Å². The van der Waals surface area contributed by atoms with Gasteiger partial charge < -0.3 is 4.74 Å². The van der Waals surface area contributed by atoms with E-state index >= 15 is 0 Å². The summed E-state index contributed by atoms with van der Waals surface area (Å²) in [6, 6.07) is 21.1. The highest BCUT2D eigenvalue weighted by atomic mass is 19.1. The third-order valence-corrected chi connectivity index (χ3v) is 6.21. The Bertz CT molecular complexity index is 1190. The Morgan fingerprint density at radius 1 is 0.784 bits per heavy atom. The van der Waals surface area contributed by atoms with Crippen LogP contribution in [0.1, 0.15) is 78.9 Å². The minimum atomic E-state index is -0.377. The van der Waals surface area contributed by atoms with Crippen LogP contribution in [0.25, 0.3) is 11.6 Å². The van der Waals surface area contributed by atoms with E-state index in [9.17, 15) is 14.0 Å². The summed E-state index contributed by atoms with van der Waals surface area (Å²) in [6.45, 7) is 6.00. The van der Waals surface area contributed by atoms with Gasteiger partial charge in [0.15, 0.2) is 5.78 Å². The zero-order valence-corrected chi connectivity index (χ0v) is 21.5. The van der Waals surface area contributed by atoms with Crippen LogP contribution in [0, 0.1) is 5.82 Å². The smallest absolute Gasteiger partial charge is 0.311 e. The van der Waals surface area contributed by atoms with Gasteiger partial charge in [0.25, 0.3) is 0 Å². The van der Waals surface area contributed by atoms with Crippen molar-refractivity contribution in [3.05, 3.63) is 114 Å². The summed E-state index contributed by atoms with van der Waals surface area (Å²) in [5.41, 5.74) is 4.89. The number of allylic oxidation sites excluding steroid dienone is 2. The fraction of sp³-hybridized carbons (Fsp3) is 0.273. The maximum absolute atomic E-state index is 13.0. The van der Waals surface area contributed by atoms with Crippen molar-refractivity contribution in [2.45, 2.75) is 58.3 Å². The van der Waals surface area contributed by atoms with Crippen LogP contribution in [0.2, 0.25) is 0 Å². The second kappa shape index (κ2) is 14.7. The number of aryl methyl sites for hydroxylation is 1. The summed E-state index contributed by atoms with van der Waals surface area (Å²) >= 11 is 0. The van der Waals surface area contributed by atoms with Gasteiger partial charge in [-0.1, -0.05) is 80.3 Å². The molecule has 0 spiro atoms. The number of carbonyl (C=O) groups excluding carboxylic acids is 2. The SMILES string of the molecule is C=C(C)c1ccc(CCCCCCCCC(=O)Oc2ccc(C=CC(=O)c3ccc(F)cc3)cc2)cc1. The summed E-state index contributed by atoms with van der Waals surface area (Å²) in [5.74, 6) is -0.321. The molecule has 0 amide bonds. The van der Waals surface area contributed by atoms with Crippen LogP contribution < -0.4 is 4.74 Å². The van der Waals surface area contributed by atoms with E-state index in [1.807, 2.05) is 6.92 Å². The standard InChI is InChI=1S/C33H35FO3/c1-25(2)28-16-11-26(12-17-28)9-7-5-3-4-6-8-10-33(36)37-31-22-13-27(14-23-31)15-24-32(35)29-18-20-30(34)21-19-29/h11-24H,1,3-10H2,2H3. The van der Waals surface area contributed by atoms with Gasteiger partial charge in [0.2, 0.25) is 0 Å². The third-order valence-electron chi connectivity index (χ3n) is 6.21. The van der Waals surface area contributed by atoms with Crippen LogP contribution in [-0.4, -0.2) is 11.8 Å². The van der Waals surface area contributed by atoms with Gasteiger partial charge >= 0.3 is 5.97 Å². The van der Waals surface area contributed by atoms with Crippen molar-refractivity contribution in [2.24, 2.45) is 0 Å². The average Bonchev–Trinajstić information content (AvgIpc) is 2.90. The predicted octanol–water partition coefficient (Wildman–Crippen LogP) is 8.63. The summed E-state index contributed by atoms with van der Waals surface area (Å²) in [5, 5.41) is 0. The van der Waals surface area contributed by atoms with E-state index in [4.69, 9.17) is 4.74 Å². The zero-order valence-electron chi connectivity index (χ0n) is 21.5. The molecule has 0 saturated heterocycles. The van der Waals surface area contributed by atoms with Gasteiger partial charge in [-0.2, -0.15) is 0 Å². The molecule has 0 fully saturated rings. The van der Waals surface area contributed by atoms with Gasteiger partial charge in [0.05, 0.1) is 0 Å². The summed E-state index contributed by atoms with van der Waals surface area (Å²) in [7, 11) is 0. The van der Waals surface area contributed by atoms with E-state index in [0.29, 0.717) is 17.7 Å². The molecule has 192 valence electrons. The molecule has 0 aliphatic rings. The number of hydrogen-bond donors (Lipinski definition) is 0. The quantitative estimate of drug-likeness (QED) is 0.0734. The second-order valence-electron chi connectivity index (χ2n) is 9.35. The van der Waals surface area contributed by atoms with E-state index in [1.165, 1.54) is 60.7 Å². The number of esters is 1. The molecular formula is C33H35FO3. The highest BCUT2D eigenvalue weighted by molar-refractivity contribution is 6.06. The first kappa shape index (κ1) is 27.8. The number of unbranched alkanes of at least 4 members (excludes halogenated alkanes) is 5. The molecule has 0 radical (unpaired) electrons. The van der Waals surface area contributed by atoms with Crippen molar-refractivity contribution < 1.29 is 18.7 Å². The Morgan fingerprint density at radius 2 is 1.38 bits per heavy atom. The van der Waals surface area contributed by atoms with Crippen molar-refractivity contribution in [3.8, 4) is 5.75 Å². The molecule has 3 rings (SSSR count). The molecule has 0 N–H and O–H groups in total. The lowest BCUT2D eigenvalue weighted by atomic mass is 10.0. The first-order valence-electron chi connectivity index (χ1n) is 12.9. The molecule has 37 heavy (non-hydrogen) atoms. The van der Waals surface area contributed by atoms with Gasteiger partial charge in [0, 0.05) is 12.0 Å². The lowest BCUT2D eigenvalue weighted by Crippen LogP contribution is -2.07. The second-order valence-corrected chi connectivity index (χ2v) is 9.35. The van der Waals surface area contributed by atoms with Crippen LogP contribution >= 0.6 is 0 Å². The molecule has 0 saturated carbocycles. The highest BCUT2D eigenvalue weighted by Gasteiger charge is 2.06. The van der Waals surface area contributed by atoms with E-state index in [-0.39, 0.29) is 17.6 Å². The molecule has 3 aromatic rings. The minimum absolute atomic E-state index is 0.205. The monoisotopic (exact) mass is 498 g/mol.